The van der Waals surface area contributed by atoms with Gasteiger partial charge in [0.2, 0.25) is 11.0 Å². The van der Waals surface area contributed by atoms with Crippen molar-refractivity contribution in [3.8, 4) is 5.13 Å². The molecule has 31 heavy (non-hydrogen) atoms. The predicted octanol–water partition coefficient (Wildman–Crippen LogP) is 3.77. The number of para-hydroxylation sites is 1. The minimum atomic E-state index is -3.52. The largest absolute Gasteiger partial charge is 0.310 e. The highest BCUT2D eigenvalue weighted by Gasteiger charge is 2.26. The Labute approximate surface area is 183 Å². The maximum atomic E-state index is 12.7. The summed E-state index contributed by atoms with van der Waals surface area (Å²) in [6, 6.07) is 16.0. The highest BCUT2D eigenvalue weighted by molar-refractivity contribution is 7.91. The third kappa shape index (κ3) is 3.86. The predicted molar refractivity (Wildman–Crippen MR) is 121 cm³/mol. The normalized spacial score (nSPS) is 13.4. The molecule has 7 nitrogen and oxygen atoms in total. The Morgan fingerprint density at radius 3 is 2.65 bits per heavy atom. The van der Waals surface area contributed by atoms with Crippen LogP contribution in [0.4, 0.5) is 5.82 Å². The van der Waals surface area contributed by atoms with Crippen LogP contribution in [-0.4, -0.2) is 34.8 Å². The molecule has 0 saturated carbocycles. The molecule has 4 aromatic rings. The van der Waals surface area contributed by atoms with Gasteiger partial charge in [0.05, 0.1) is 26.6 Å². The van der Waals surface area contributed by atoms with Crippen molar-refractivity contribution in [2.45, 2.75) is 30.6 Å². The van der Waals surface area contributed by atoms with Crippen LogP contribution in [0.15, 0.2) is 59.5 Å². The van der Waals surface area contributed by atoms with E-state index in [0.29, 0.717) is 10.9 Å². The monoisotopic (exact) mass is 452 g/mol. The van der Waals surface area contributed by atoms with Crippen molar-refractivity contribution >= 4 is 43.1 Å². The average molecular weight is 453 g/mol. The van der Waals surface area contributed by atoms with Crippen LogP contribution in [0.25, 0.3) is 15.3 Å². The zero-order valence-corrected chi connectivity index (χ0v) is 18.2. The summed E-state index contributed by atoms with van der Waals surface area (Å²) in [5.41, 5.74) is 2.86. The number of aromatic nitrogens is 3. The van der Waals surface area contributed by atoms with Crippen LogP contribution in [0.2, 0.25) is 0 Å². The summed E-state index contributed by atoms with van der Waals surface area (Å²) in [7, 11) is -3.52. The summed E-state index contributed by atoms with van der Waals surface area (Å²) in [6.45, 7) is 0. The Kier molecular flexibility index (Phi) is 5.07. The van der Waals surface area contributed by atoms with E-state index < -0.39 is 9.84 Å². The van der Waals surface area contributed by atoms with Gasteiger partial charge < -0.3 is 5.32 Å². The smallest absolute Gasteiger partial charge is 0.226 e. The number of nitrogens with one attached hydrogen (secondary N) is 1. The van der Waals surface area contributed by atoms with Gasteiger partial charge in [-0.3, -0.25) is 4.79 Å². The zero-order chi connectivity index (χ0) is 21.4. The highest BCUT2D eigenvalue weighted by Crippen LogP contribution is 2.33. The van der Waals surface area contributed by atoms with E-state index in [2.05, 4.69) is 10.3 Å². The number of hydrogen-bond donors (Lipinski definition) is 1. The number of rotatable bonds is 6. The third-order valence-corrected chi connectivity index (χ3v) is 8.07. The standard InChI is InChI=1S/C22H20N4O3S2/c27-20(13-14-31(28,29)15-7-2-1-3-8-15)24-21-16-9-6-11-17(16)25-26(21)22-23-18-10-4-5-12-19(18)30-22/h1-5,7-8,10,12H,6,9,11,13-14H2,(H,24,27). The molecule has 0 unspecified atom stereocenters. The zero-order valence-electron chi connectivity index (χ0n) is 16.6. The maximum absolute atomic E-state index is 12.7. The van der Waals surface area contributed by atoms with E-state index in [4.69, 9.17) is 5.10 Å². The Morgan fingerprint density at radius 2 is 1.84 bits per heavy atom. The second-order valence-electron chi connectivity index (χ2n) is 7.43. The number of carbonyl (C=O) groups excluding carboxylic acids is 1. The Hall–Kier alpha value is -3.04. The molecule has 1 amide bonds. The van der Waals surface area contributed by atoms with Gasteiger partial charge in [-0.1, -0.05) is 41.7 Å². The number of aryl methyl sites for hydroxylation is 1. The lowest BCUT2D eigenvalue weighted by molar-refractivity contribution is -0.115. The van der Waals surface area contributed by atoms with Gasteiger partial charge in [0.25, 0.3) is 0 Å². The van der Waals surface area contributed by atoms with Gasteiger partial charge in [-0.2, -0.15) is 9.78 Å². The third-order valence-electron chi connectivity index (χ3n) is 5.33. The quantitative estimate of drug-likeness (QED) is 0.481. The van der Waals surface area contributed by atoms with E-state index >= 15 is 0 Å². The number of sulfone groups is 1. The first-order valence-electron chi connectivity index (χ1n) is 10.1. The molecule has 0 saturated heterocycles. The van der Waals surface area contributed by atoms with Crippen LogP contribution >= 0.6 is 11.3 Å². The van der Waals surface area contributed by atoms with Crippen molar-refractivity contribution < 1.29 is 13.2 Å². The van der Waals surface area contributed by atoms with Crippen LogP contribution < -0.4 is 5.32 Å². The molecule has 5 rings (SSSR count). The first-order valence-corrected chi connectivity index (χ1v) is 12.5. The van der Waals surface area contributed by atoms with Crippen LogP contribution in [-0.2, 0) is 27.5 Å². The molecule has 0 spiro atoms. The van der Waals surface area contributed by atoms with Gasteiger partial charge in [-0.15, -0.1) is 0 Å². The molecule has 9 heteroatoms. The van der Waals surface area contributed by atoms with Gasteiger partial charge >= 0.3 is 0 Å². The minimum Gasteiger partial charge on any atom is -0.310 e. The maximum Gasteiger partial charge on any atom is 0.226 e. The van der Waals surface area contributed by atoms with E-state index in [1.165, 1.54) is 11.3 Å². The number of fused-ring (bicyclic) bond motifs is 2. The van der Waals surface area contributed by atoms with Crippen molar-refractivity contribution in [2.75, 3.05) is 11.1 Å². The molecular weight excluding hydrogens is 432 g/mol. The lowest BCUT2D eigenvalue weighted by Crippen LogP contribution is -2.20. The number of benzene rings is 2. The Balaban J connectivity index is 1.39. The number of thiazole rings is 1. The van der Waals surface area contributed by atoms with E-state index in [-0.39, 0.29) is 23.0 Å². The fraction of sp³-hybridized carbons (Fsp3) is 0.227. The van der Waals surface area contributed by atoms with Gasteiger partial charge in [0.1, 0.15) is 5.82 Å². The van der Waals surface area contributed by atoms with E-state index in [1.807, 2.05) is 24.3 Å². The number of amides is 1. The fourth-order valence-corrected chi connectivity index (χ4v) is 5.96. The van der Waals surface area contributed by atoms with Crippen molar-refractivity contribution in [3.63, 3.8) is 0 Å². The van der Waals surface area contributed by atoms with Crippen molar-refractivity contribution in [1.29, 1.82) is 0 Å². The summed E-state index contributed by atoms with van der Waals surface area (Å²) in [4.78, 5) is 17.6. The summed E-state index contributed by atoms with van der Waals surface area (Å²) in [6.07, 6.45) is 2.55. The van der Waals surface area contributed by atoms with Gasteiger partial charge in [0, 0.05) is 12.0 Å². The van der Waals surface area contributed by atoms with Crippen LogP contribution in [0.5, 0.6) is 0 Å². The molecule has 158 valence electrons. The lowest BCUT2D eigenvalue weighted by atomic mass is 10.2. The molecule has 2 aromatic carbocycles. The van der Waals surface area contributed by atoms with Gasteiger partial charge in [-0.25, -0.2) is 13.4 Å². The lowest BCUT2D eigenvalue weighted by Gasteiger charge is -2.09. The van der Waals surface area contributed by atoms with Crippen molar-refractivity contribution in [2.24, 2.45) is 0 Å². The van der Waals surface area contributed by atoms with E-state index in [9.17, 15) is 13.2 Å². The first-order chi connectivity index (χ1) is 15.0. The van der Waals surface area contributed by atoms with E-state index in [0.717, 1.165) is 40.7 Å². The summed E-state index contributed by atoms with van der Waals surface area (Å²) in [5, 5.41) is 8.30. The summed E-state index contributed by atoms with van der Waals surface area (Å²) in [5.74, 6) is 0.00506. The Morgan fingerprint density at radius 1 is 1.06 bits per heavy atom. The Bertz CT molecular complexity index is 1340. The minimum absolute atomic E-state index is 0.128. The van der Waals surface area contributed by atoms with Crippen molar-refractivity contribution in [3.05, 3.63) is 65.9 Å². The van der Waals surface area contributed by atoms with Crippen LogP contribution in [0.1, 0.15) is 24.1 Å². The van der Waals surface area contributed by atoms with Crippen LogP contribution in [0.3, 0.4) is 0 Å². The molecule has 1 aliphatic rings. The molecule has 2 aromatic heterocycles. The SMILES string of the molecule is O=C(CCS(=O)(=O)c1ccccc1)Nc1c2c(nn1-c1nc3ccccc3s1)CCC2. The molecule has 1 aliphatic carbocycles. The molecule has 0 atom stereocenters. The molecule has 1 N–H and O–H groups in total. The van der Waals surface area contributed by atoms with Crippen molar-refractivity contribution in [1.82, 2.24) is 14.8 Å². The summed E-state index contributed by atoms with van der Waals surface area (Å²) < 4.78 is 27.8. The fourth-order valence-electron chi connectivity index (χ4n) is 3.78. The van der Waals surface area contributed by atoms with Gasteiger partial charge in [0.15, 0.2) is 9.84 Å². The highest BCUT2D eigenvalue weighted by atomic mass is 32.2. The molecule has 2 heterocycles. The number of nitrogens with zero attached hydrogens (tertiary/aromatic N) is 3. The molecule has 0 radical (unpaired) electrons. The topological polar surface area (TPSA) is 94.0 Å². The van der Waals surface area contributed by atoms with Crippen LogP contribution in [0, 0.1) is 0 Å². The second-order valence-corrected chi connectivity index (χ2v) is 10.6. The van der Waals surface area contributed by atoms with E-state index in [1.54, 1.807) is 35.0 Å². The first kappa shape index (κ1) is 19.9. The number of anilines is 1. The number of hydrogen-bond acceptors (Lipinski definition) is 6. The average Bonchev–Trinajstić information content (AvgIpc) is 3.48. The van der Waals surface area contributed by atoms with Gasteiger partial charge in [-0.05, 0) is 43.5 Å². The molecule has 0 bridgehead atoms. The molecule has 0 fully saturated rings. The molecular formula is C22H20N4O3S2. The molecule has 0 aliphatic heterocycles. The summed E-state index contributed by atoms with van der Waals surface area (Å²) >= 11 is 1.51. The number of carbonyl (C=O) groups is 1. The second kappa shape index (κ2) is 7.90.